The van der Waals surface area contributed by atoms with Gasteiger partial charge < -0.3 is 9.84 Å². The van der Waals surface area contributed by atoms with Crippen molar-refractivity contribution in [3.8, 4) is 11.8 Å². The van der Waals surface area contributed by atoms with Crippen molar-refractivity contribution < 1.29 is 31.8 Å². The van der Waals surface area contributed by atoms with Crippen LogP contribution in [-0.4, -0.2) is 23.1 Å². The summed E-state index contributed by atoms with van der Waals surface area (Å²) >= 11 is -0.538. The predicted molar refractivity (Wildman–Crippen MR) is 79.4 cm³/mol. The van der Waals surface area contributed by atoms with Crippen LogP contribution in [-0.2, 0) is 6.42 Å². The number of ether oxygens (including phenoxy) is 1. The van der Waals surface area contributed by atoms with Crippen molar-refractivity contribution in [2.45, 2.75) is 48.1 Å². The van der Waals surface area contributed by atoms with E-state index in [2.05, 4.69) is 6.07 Å². The summed E-state index contributed by atoms with van der Waals surface area (Å²) in [5.41, 5.74) is -5.90. The molecule has 0 heterocycles. The molecule has 1 fully saturated rings. The lowest BCUT2D eigenvalue weighted by Gasteiger charge is -2.34. The topological polar surface area (TPSA) is 53.2 Å². The molecule has 0 saturated heterocycles. The van der Waals surface area contributed by atoms with Crippen LogP contribution in [0.2, 0.25) is 0 Å². The van der Waals surface area contributed by atoms with Crippen molar-refractivity contribution in [2.75, 3.05) is 6.61 Å². The van der Waals surface area contributed by atoms with Crippen LogP contribution in [0.1, 0.15) is 36.5 Å². The fraction of sp³-hybridized carbons (Fsp3) is 0.562. The number of nitriles is 1. The molecule has 0 amide bonds. The molecule has 0 aromatic heterocycles. The third-order valence-electron chi connectivity index (χ3n) is 4.64. The highest BCUT2D eigenvalue weighted by molar-refractivity contribution is 8.00. The van der Waals surface area contributed by atoms with E-state index in [-0.39, 0.29) is 17.9 Å². The zero-order valence-electron chi connectivity index (χ0n) is 12.9. The molecule has 0 spiro atoms. The average molecular weight is 379 g/mol. The number of aliphatic hydroxyl groups excluding tert-OH is 1. The van der Waals surface area contributed by atoms with E-state index in [1.165, 1.54) is 6.07 Å². The van der Waals surface area contributed by atoms with Crippen LogP contribution in [0.25, 0.3) is 0 Å². The fourth-order valence-electron chi connectivity index (χ4n) is 3.11. The van der Waals surface area contributed by atoms with Crippen LogP contribution in [0, 0.1) is 16.7 Å². The Hall–Kier alpha value is -1.53. The molecule has 0 bridgehead atoms. The van der Waals surface area contributed by atoms with Crippen LogP contribution in [0.4, 0.5) is 22.0 Å². The first kappa shape index (κ1) is 18.3. The number of halogens is 5. The van der Waals surface area contributed by atoms with Crippen LogP contribution >= 0.6 is 11.8 Å². The molecule has 25 heavy (non-hydrogen) atoms. The zero-order valence-corrected chi connectivity index (χ0v) is 13.7. The SMILES string of the molecule is N#CC1(COc2ccc(SC(F)(F)F)c3c2CC(F)(F)C3O)CCC1. The summed E-state index contributed by atoms with van der Waals surface area (Å²) in [5.74, 6) is -3.56. The van der Waals surface area contributed by atoms with Gasteiger partial charge in [-0.3, -0.25) is 0 Å². The second kappa shape index (κ2) is 6.02. The number of aliphatic hydroxyl groups is 1. The molecule has 1 aromatic rings. The summed E-state index contributed by atoms with van der Waals surface area (Å²) in [6.45, 7) is -0.0105. The summed E-state index contributed by atoms with van der Waals surface area (Å²) in [4.78, 5) is -0.460. The molecule has 136 valence electrons. The van der Waals surface area contributed by atoms with Crippen molar-refractivity contribution in [2.24, 2.45) is 5.41 Å². The van der Waals surface area contributed by atoms with Gasteiger partial charge in [-0.25, -0.2) is 8.78 Å². The summed E-state index contributed by atoms with van der Waals surface area (Å²) in [7, 11) is 0. The number of thioether (sulfide) groups is 1. The van der Waals surface area contributed by atoms with Crippen molar-refractivity contribution >= 4 is 11.8 Å². The number of benzene rings is 1. The number of rotatable bonds is 4. The quantitative estimate of drug-likeness (QED) is 0.614. The highest BCUT2D eigenvalue weighted by Gasteiger charge is 2.50. The molecule has 3 nitrogen and oxygen atoms in total. The number of nitrogens with zero attached hydrogens (tertiary/aromatic N) is 1. The van der Waals surface area contributed by atoms with Gasteiger partial charge in [-0.05, 0) is 36.7 Å². The van der Waals surface area contributed by atoms with Crippen LogP contribution < -0.4 is 4.74 Å². The standard InChI is InChI=1S/C16H14F5NO2S/c17-15(18)6-9-10(24-8-14(7-22)4-1-5-14)2-3-11(12(9)13(15)23)25-16(19,20)21/h2-3,13,23H,1,4-6,8H2. The Labute approximate surface area is 144 Å². The monoisotopic (exact) mass is 379 g/mol. The van der Waals surface area contributed by atoms with Gasteiger partial charge in [0.1, 0.15) is 18.5 Å². The van der Waals surface area contributed by atoms with Crippen molar-refractivity contribution in [1.82, 2.24) is 0 Å². The number of fused-ring (bicyclic) bond motifs is 1. The Balaban J connectivity index is 1.93. The third-order valence-corrected chi connectivity index (χ3v) is 5.44. The zero-order chi connectivity index (χ0) is 18.5. The average Bonchev–Trinajstić information content (AvgIpc) is 2.70. The molecule has 3 rings (SSSR count). The first-order valence-corrected chi connectivity index (χ1v) is 8.40. The van der Waals surface area contributed by atoms with E-state index >= 15 is 0 Å². The minimum atomic E-state index is -4.66. The minimum Gasteiger partial charge on any atom is -0.492 e. The molecule has 1 atom stereocenters. The normalized spacial score (nSPS) is 23.5. The Kier molecular flexibility index (Phi) is 4.40. The van der Waals surface area contributed by atoms with Crippen molar-refractivity contribution in [3.63, 3.8) is 0 Å². The Morgan fingerprint density at radius 1 is 1.32 bits per heavy atom. The predicted octanol–water partition coefficient (Wildman–Crippen LogP) is 4.60. The summed E-state index contributed by atoms with van der Waals surface area (Å²) in [6.07, 6.45) is -1.08. The van der Waals surface area contributed by atoms with Gasteiger partial charge in [-0.1, -0.05) is 6.42 Å². The molecule has 9 heteroatoms. The maximum absolute atomic E-state index is 13.9. The van der Waals surface area contributed by atoms with E-state index in [4.69, 9.17) is 4.74 Å². The molecule has 0 aliphatic heterocycles. The van der Waals surface area contributed by atoms with Crippen LogP contribution in [0.15, 0.2) is 17.0 Å². The van der Waals surface area contributed by atoms with Gasteiger partial charge in [0.2, 0.25) is 0 Å². The summed E-state index contributed by atoms with van der Waals surface area (Å²) < 4.78 is 71.3. The summed E-state index contributed by atoms with van der Waals surface area (Å²) in [6, 6.07) is 4.37. The lowest BCUT2D eigenvalue weighted by molar-refractivity contribution is -0.0977. The fourth-order valence-corrected chi connectivity index (χ4v) is 3.84. The molecule has 2 aliphatic carbocycles. The lowest BCUT2D eigenvalue weighted by atomic mass is 9.71. The van der Waals surface area contributed by atoms with E-state index in [1.54, 1.807) is 0 Å². The maximum Gasteiger partial charge on any atom is 0.446 e. The van der Waals surface area contributed by atoms with Crippen molar-refractivity contribution in [1.29, 1.82) is 5.26 Å². The number of hydrogen-bond acceptors (Lipinski definition) is 4. The Morgan fingerprint density at radius 2 is 2.00 bits per heavy atom. The Bertz CT molecular complexity index is 724. The first-order valence-electron chi connectivity index (χ1n) is 7.58. The molecule has 1 aromatic carbocycles. The number of hydrogen-bond donors (Lipinski definition) is 1. The van der Waals surface area contributed by atoms with Gasteiger partial charge in [-0.2, -0.15) is 18.4 Å². The molecular formula is C16H14F5NO2S. The van der Waals surface area contributed by atoms with Gasteiger partial charge in [0.25, 0.3) is 5.92 Å². The largest absolute Gasteiger partial charge is 0.492 e. The van der Waals surface area contributed by atoms with Gasteiger partial charge in [0.05, 0.1) is 11.5 Å². The van der Waals surface area contributed by atoms with Crippen LogP contribution in [0.3, 0.4) is 0 Å². The maximum atomic E-state index is 13.9. The smallest absolute Gasteiger partial charge is 0.446 e. The molecular weight excluding hydrogens is 365 g/mol. The van der Waals surface area contributed by atoms with E-state index < -0.39 is 51.6 Å². The van der Waals surface area contributed by atoms with Gasteiger partial charge >= 0.3 is 5.51 Å². The highest BCUT2D eigenvalue weighted by Crippen LogP contribution is 2.52. The third kappa shape index (κ3) is 3.42. The second-order valence-electron chi connectivity index (χ2n) is 6.38. The van der Waals surface area contributed by atoms with Gasteiger partial charge in [0, 0.05) is 22.4 Å². The van der Waals surface area contributed by atoms with Crippen LogP contribution in [0.5, 0.6) is 5.75 Å². The van der Waals surface area contributed by atoms with E-state index in [1.807, 2.05) is 0 Å². The molecule has 1 unspecified atom stereocenters. The molecule has 1 saturated carbocycles. The molecule has 0 radical (unpaired) electrons. The number of alkyl halides is 5. The lowest BCUT2D eigenvalue weighted by Crippen LogP contribution is -2.34. The summed E-state index contributed by atoms with van der Waals surface area (Å²) in [5, 5.41) is 19.0. The van der Waals surface area contributed by atoms with E-state index in [0.717, 1.165) is 12.5 Å². The Morgan fingerprint density at radius 3 is 2.52 bits per heavy atom. The molecule has 1 N–H and O–H groups in total. The van der Waals surface area contributed by atoms with Gasteiger partial charge in [0.15, 0.2) is 0 Å². The highest BCUT2D eigenvalue weighted by atomic mass is 32.2. The molecule has 2 aliphatic rings. The second-order valence-corrected chi connectivity index (χ2v) is 7.48. The van der Waals surface area contributed by atoms with Crippen molar-refractivity contribution in [3.05, 3.63) is 23.3 Å². The van der Waals surface area contributed by atoms with Gasteiger partial charge in [-0.15, -0.1) is 0 Å². The first-order chi connectivity index (χ1) is 11.6. The van der Waals surface area contributed by atoms with E-state index in [0.29, 0.717) is 12.8 Å². The van der Waals surface area contributed by atoms with E-state index in [9.17, 15) is 32.3 Å². The minimum absolute atomic E-state index is 0.000672.